The van der Waals surface area contributed by atoms with E-state index in [0.29, 0.717) is 25.9 Å². The molecule has 4 nitrogen and oxygen atoms in total. The Balaban J connectivity index is 2.59. The monoisotopic (exact) mass is 186 g/mol. The third-order valence-electron chi connectivity index (χ3n) is 2.74. The second-order valence-corrected chi connectivity index (χ2v) is 3.41. The number of hydrogen-bond donors (Lipinski definition) is 1. The molecule has 0 aromatic heterocycles. The number of aliphatic carboxylic acids is 1. The Morgan fingerprint density at radius 2 is 2.38 bits per heavy atom. The van der Waals surface area contributed by atoms with Gasteiger partial charge in [0, 0.05) is 6.42 Å². The minimum atomic E-state index is -0.854. The van der Waals surface area contributed by atoms with Crippen molar-refractivity contribution in [2.24, 2.45) is 5.41 Å². The van der Waals surface area contributed by atoms with Crippen molar-refractivity contribution in [2.75, 3.05) is 6.61 Å². The molecule has 1 fully saturated rings. The van der Waals surface area contributed by atoms with Gasteiger partial charge in [0.05, 0.1) is 12.0 Å². The summed E-state index contributed by atoms with van der Waals surface area (Å²) < 4.78 is 4.86. The highest BCUT2D eigenvalue weighted by molar-refractivity contribution is 5.79. The van der Waals surface area contributed by atoms with Crippen LogP contribution < -0.4 is 0 Å². The van der Waals surface area contributed by atoms with E-state index >= 15 is 0 Å². The van der Waals surface area contributed by atoms with Crippen LogP contribution in [-0.2, 0) is 14.3 Å². The molecule has 4 heteroatoms. The first-order valence-electron chi connectivity index (χ1n) is 4.50. The normalized spacial score (nSPS) is 27.3. The minimum absolute atomic E-state index is 0.0446. The Morgan fingerprint density at radius 1 is 1.69 bits per heavy atom. The maximum absolute atomic E-state index is 11.3. The average Bonchev–Trinajstić information content (AvgIpc) is 2.45. The summed E-state index contributed by atoms with van der Waals surface area (Å²) in [4.78, 5) is 21.7. The van der Waals surface area contributed by atoms with E-state index in [1.807, 2.05) is 6.92 Å². The van der Waals surface area contributed by atoms with Crippen LogP contribution in [0, 0.1) is 5.41 Å². The van der Waals surface area contributed by atoms with Crippen LogP contribution in [0.4, 0.5) is 0 Å². The van der Waals surface area contributed by atoms with Crippen LogP contribution in [-0.4, -0.2) is 23.7 Å². The van der Waals surface area contributed by atoms with Gasteiger partial charge >= 0.3 is 11.9 Å². The predicted octanol–water partition coefficient (Wildman–Crippen LogP) is 1.19. The van der Waals surface area contributed by atoms with Crippen molar-refractivity contribution in [1.82, 2.24) is 0 Å². The number of rotatable bonds is 4. The Hall–Kier alpha value is -1.06. The van der Waals surface area contributed by atoms with Crippen LogP contribution >= 0.6 is 0 Å². The fraction of sp³-hybridized carbons (Fsp3) is 0.778. The highest BCUT2D eigenvalue weighted by Crippen LogP contribution is 2.37. The zero-order valence-corrected chi connectivity index (χ0v) is 7.71. The highest BCUT2D eigenvalue weighted by Gasteiger charge is 2.42. The van der Waals surface area contributed by atoms with Crippen LogP contribution in [0.15, 0.2) is 0 Å². The molecule has 1 heterocycles. The van der Waals surface area contributed by atoms with Crippen molar-refractivity contribution in [3.05, 3.63) is 0 Å². The van der Waals surface area contributed by atoms with E-state index in [9.17, 15) is 9.59 Å². The molecule has 1 rings (SSSR count). The van der Waals surface area contributed by atoms with E-state index in [-0.39, 0.29) is 12.4 Å². The summed E-state index contributed by atoms with van der Waals surface area (Å²) in [6, 6.07) is 0. The largest absolute Gasteiger partial charge is 0.481 e. The molecule has 0 aliphatic carbocycles. The Labute approximate surface area is 76.9 Å². The van der Waals surface area contributed by atoms with E-state index in [0.717, 1.165) is 0 Å². The van der Waals surface area contributed by atoms with Gasteiger partial charge in [-0.15, -0.1) is 0 Å². The first kappa shape index (κ1) is 10.0. The number of carbonyl (C=O) groups is 2. The van der Waals surface area contributed by atoms with Gasteiger partial charge in [-0.3, -0.25) is 9.59 Å². The number of esters is 1. The van der Waals surface area contributed by atoms with Gasteiger partial charge < -0.3 is 9.84 Å². The molecule has 0 saturated carbocycles. The van der Waals surface area contributed by atoms with Gasteiger partial charge in [-0.1, -0.05) is 6.92 Å². The molecule has 1 saturated heterocycles. The van der Waals surface area contributed by atoms with Crippen LogP contribution in [0.3, 0.4) is 0 Å². The molecule has 0 aromatic rings. The van der Waals surface area contributed by atoms with E-state index in [1.165, 1.54) is 0 Å². The van der Waals surface area contributed by atoms with Crippen molar-refractivity contribution in [3.8, 4) is 0 Å². The number of cyclic esters (lactones) is 1. The molecule has 1 N–H and O–H groups in total. The van der Waals surface area contributed by atoms with E-state index in [4.69, 9.17) is 9.84 Å². The van der Waals surface area contributed by atoms with Gasteiger partial charge in [-0.05, 0) is 19.3 Å². The fourth-order valence-electron chi connectivity index (χ4n) is 1.67. The Kier molecular flexibility index (Phi) is 2.90. The topological polar surface area (TPSA) is 63.6 Å². The molecule has 1 atom stereocenters. The van der Waals surface area contributed by atoms with Gasteiger partial charge in [0.15, 0.2) is 0 Å². The van der Waals surface area contributed by atoms with Crippen molar-refractivity contribution in [1.29, 1.82) is 0 Å². The second kappa shape index (κ2) is 3.77. The first-order chi connectivity index (χ1) is 6.10. The Morgan fingerprint density at radius 3 is 2.77 bits per heavy atom. The maximum atomic E-state index is 11.3. The molecule has 0 bridgehead atoms. The van der Waals surface area contributed by atoms with Crippen molar-refractivity contribution >= 4 is 11.9 Å². The van der Waals surface area contributed by atoms with E-state index in [1.54, 1.807) is 0 Å². The number of carboxylic acid groups (broad SMARTS) is 1. The van der Waals surface area contributed by atoms with Crippen LogP contribution in [0.25, 0.3) is 0 Å². The smallest absolute Gasteiger partial charge is 0.312 e. The van der Waals surface area contributed by atoms with E-state index < -0.39 is 11.4 Å². The summed E-state index contributed by atoms with van der Waals surface area (Å²) in [6.07, 6.45) is 1.77. The average molecular weight is 186 g/mol. The summed E-state index contributed by atoms with van der Waals surface area (Å²) in [5.41, 5.74) is -0.515. The maximum Gasteiger partial charge on any atom is 0.312 e. The quantitative estimate of drug-likeness (QED) is 0.670. The summed E-state index contributed by atoms with van der Waals surface area (Å²) >= 11 is 0. The molecule has 74 valence electrons. The molecule has 1 aliphatic heterocycles. The van der Waals surface area contributed by atoms with Crippen molar-refractivity contribution in [2.45, 2.75) is 32.6 Å². The summed E-state index contributed by atoms with van der Waals surface area (Å²) in [7, 11) is 0. The van der Waals surface area contributed by atoms with Crippen molar-refractivity contribution < 1.29 is 19.4 Å². The lowest BCUT2D eigenvalue weighted by atomic mass is 9.79. The van der Waals surface area contributed by atoms with Crippen LogP contribution in [0.2, 0.25) is 0 Å². The predicted molar refractivity (Wildman–Crippen MR) is 45.2 cm³/mol. The molecule has 0 spiro atoms. The summed E-state index contributed by atoms with van der Waals surface area (Å²) in [5.74, 6) is -1.08. The molecule has 1 unspecified atom stereocenters. The third-order valence-corrected chi connectivity index (χ3v) is 2.74. The zero-order valence-electron chi connectivity index (χ0n) is 7.71. The zero-order chi connectivity index (χ0) is 9.90. The minimum Gasteiger partial charge on any atom is -0.481 e. The van der Waals surface area contributed by atoms with Gasteiger partial charge in [-0.25, -0.2) is 0 Å². The van der Waals surface area contributed by atoms with Crippen molar-refractivity contribution in [3.63, 3.8) is 0 Å². The molecule has 0 aromatic carbocycles. The molecule has 0 radical (unpaired) electrons. The molecular formula is C9H14O4. The number of hydrogen-bond acceptors (Lipinski definition) is 3. The molecule has 1 aliphatic rings. The SMILES string of the molecule is CCC1(CCC(=O)O)CCOC1=O. The molecular weight excluding hydrogens is 172 g/mol. The number of carboxylic acids is 1. The lowest BCUT2D eigenvalue weighted by molar-refractivity contribution is -0.147. The summed E-state index contributed by atoms with van der Waals surface area (Å²) in [5, 5.41) is 8.52. The molecule has 0 amide bonds. The first-order valence-corrected chi connectivity index (χ1v) is 4.50. The van der Waals surface area contributed by atoms with E-state index in [2.05, 4.69) is 0 Å². The molecule has 13 heavy (non-hydrogen) atoms. The lowest BCUT2D eigenvalue weighted by Gasteiger charge is -2.21. The second-order valence-electron chi connectivity index (χ2n) is 3.41. The summed E-state index contributed by atoms with van der Waals surface area (Å²) in [6.45, 7) is 2.33. The van der Waals surface area contributed by atoms with Gasteiger partial charge in [0.1, 0.15) is 0 Å². The highest BCUT2D eigenvalue weighted by atomic mass is 16.5. The van der Waals surface area contributed by atoms with Crippen LogP contribution in [0.5, 0.6) is 0 Å². The standard InChI is InChI=1S/C9H14O4/c1-2-9(4-3-7(10)11)5-6-13-8(9)12/h2-6H2,1H3,(H,10,11). The number of ether oxygens (including phenoxy) is 1. The third kappa shape index (κ3) is 1.99. The van der Waals surface area contributed by atoms with Crippen LogP contribution in [0.1, 0.15) is 32.6 Å². The van der Waals surface area contributed by atoms with Gasteiger partial charge in [0.25, 0.3) is 0 Å². The fourth-order valence-corrected chi connectivity index (χ4v) is 1.67. The number of carbonyl (C=O) groups excluding carboxylic acids is 1. The van der Waals surface area contributed by atoms with Gasteiger partial charge in [0.2, 0.25) is 0 Å². The Bertz CT molecular complexity index is 224. The lowest BCUT2D eigenvalue weighted by Crippen LogP contribution is -2.26. The van der Waals surface area contributed by atoms with Gasteiger partial charge in [-0.2, -0.15) is 0 Å².